The third-order valence-electron chi connectivity index (χ3n) is 13.5. The molecule has 72 heavy (non-hydrogen) atoms. The first-order chi connectivity index (χ1) is 35.5. The van der Waals surface area contributed by atoms with Crippen LogP contribution in [0, 0.1) is 0 Å². The number of hydrogen-bond donors (Lipinski definition) is 4. The maximum absolute atomic E-state index is 7.11. The normalized spacial score (nSPS) is 12.3. The molecule has 0 fully saturated rings. The van der Waals surface area contributed by atoms with Crippen molar-refractivity contribution < 1.29 is 37.7 Å². The van der Waals surface area contributed by atoms with Crippen molar-refractivity contribution in [1.29, 1.82) is 0 Å². The van der Waals surface area contributed by atoms with Crippen LogP contribution in [0.15, 0.2) is 122 Å². The Morgan fingerprint density at radius 1 is 0.333 bits per heavy atom. The van der Waals surface area contributed by atoms with Crippen LogP contribution in [-0.2, 0) is 51.9 Å². The number of unbranched alkanes of at least 4 members (excludes halogenated alkanes) is 4. The Morgan fingerprint density at radius 3 is 0.708 bits per heavy atom. The van der Waals surface area contributed by atoms with E-state index in [9.17, 15) is 0 Å². The maximum Gasteiger partial charge on any atom is 0.197 e. The second-order valence-electron chi connectivity index (χ2n) is 19.5. The van der Waals surface area contributed by atoms with Gasteiger partial charge in [0.2, 0.25) is 0 Å². The van der Waals surface area contributed by atoms with Gasteiger partial charge in [0.25, 0.3) is 0 Å². The van der Waals surface area contributed by atoms with Gasteiger partial charge in [0.1, 0.15) is 23.0 Å². The minimum Gasteiger partial charge on any atom is -0.493 e. The standard InChI is InChI=1S/C60H72N8O4/c1-5-9-25-69-57-49-29-45(41-65-21-13-17-61-65)30-50(57)38-52-32-47(43-67-23-15-19-63-67)34-54(59(52)71-27-11-7-3)40-56-36-48(44-68-24-16-20-64-68)35-55(60(56)72-28-12-8-4)39-53-33-46(42-66-22-14-18-62-66)31-51(37-49)58(53)70-26-10-6-2/h13-24,29-36H,5-12,25-28,37-44H2,1-4H3/p+4. The number of fused-ring (bicyclic) bond motifs is 8. The molecule has 0 amide bonds. The summed E-state index contributed by atoms with van der Waals surface area (Å²) in [5.41, 5.74) is 14.0. The van der Waals surface area contributed by atoms with Crippen LogP contribution in [0.25, 0.3) is 0 Å². The average Bonchev–Trinajstić information content (AvgIpc) is 4.24. The van der Waals surface area contributed by atoms with Gasteiger partial charge in [-0.1, -0.05) is 53.4 Å². The quantitative estimate of drug-likeness (QED) is 0.0357. The van der Waals surface area contributed by atoms with E-state index in [0.29, 0.717) is 78.3 Å². The summed E-state index contributed by atoms with van der Waals surface area (Å²) in [5.74, 6) is 3.81. The van der Waals surface area contributed by atoms with Crippen molar-refractivity contribution in [1.82, 2.24) is 20.4 Å². The van der Waals surface area contributed by atoms with Gasteiger partial charge in [-0.3, -0.25) is 0 Å². The third-order valence-corrected chi connectivity index (χ3v) is 13.5. The van der Waals surface area contributed by atoms with Gasteiger partial charge in [-0.05, 0) is 119 Å². The molecule has 12 nitrogen and oxygen atoms in total. The molecule has 0 unspecified atom stereocenters. The maximum atomic E-state index is 7.11. The summed E-state index contributed by atoms with van der Waals surface area (Å²) in [6.45, 7) is 14.2. The van der Waals surface area contributed by atoms with Crippen molar-refractivity contribution in [3.05, 3.63) is 189 Å². The fourth-order valence-electron chi connectivity index (χ4n) is 10.1. The largest absolute Gasteiger partial charge is 0.493 e. The van der Waals surface area contributed by atoms with Crippen LogP contribution in [0.2, 0.25) is 0 Å². The van der Waals surface area contributed by atoms with Crippen molar-refractivity contribution in [2.45, 2.75) is 131 Å². The number of rotatable bonds is 24. The smallest absolute Gasteiger partial charge is 0.197 e. The van der Waals surface area contributed by atoms with E-state index in [1.54, 1.807) is 0 Å². The zero-order valence-electron chi connectivity index (χ0n) is 43.1. The number of hydrogen-bond acceptors (Lipinski definition) is 4. The van der Waals surface area contributed by atoms with Crippen LogP contribution < -0.4 is 37.7 Å². The van der Waals surface area contributed by atoms with Gasteiger partial charge < -0.3 is 18.9 Å². The highest BCUT2D eigenvalue weighted by Crippen LogP contribution is 2.41. The van der Waals surface area contributed by atoms with Crippen LogP contribution in [0.5, 0.6) is 23.0 Å². The predicted octanol–water partition coefficient (Wildman–Crippen LogP) is 9.73. The molecule has 1 aliphatic carbocycles. The molecule has 8 bridgehead atoms. The van der Waals surface area contributed by atoms with E-state index in [1.165, 1.54) is 22.3 Å². The zero-order chi connectivity index (χ0) is 49.5. The summed E-state index contributed by atoms with van der Waals surface area (Å²) in [6, 6.07) is 27.2. The lowest BCUT2D eigenvalue weighted by Crippen LogP contribution is -2.35. The molecule has 0 aliphatic heterocycles. The lowest BCUT2D eigenvalue weighted by atomic mass is 9.88. The van der Waals surface area contributed by atoms with Crippen molar-refractivity contribution in [3.8, 4) is 23.0 Å². The molecule has 4 N–H and O–H groups in total. The Balaban J connectivity index is 1.34. The Labute approximate surface area is 425 Å². The number of H-pyrrole nitrogens is 4. The van der Waals surface area contributed by atoms with E-state index < -0.39 is 0 Å². The third kappa shape index (κ3) is 12.9. The molecule has 4 aromatic heterocycles. The van der Waals surface area contributed by atoms with Crippen LogP contribution in [0.1, 0.15) is 146 Å². The van der Waals surface area contributed by atoms with Gasteiger partial charge in [0.15, 0.2) is 51.0 Å². The van der Waals surface area contributed by atoms with Crippen molar-refractivity contribution >= 4 is 0 Å². The summed E-state index contributed by atoms with van der Waals surface area (Å²) < 4.78 is 37.0. The van der Waals surface area contributed by atoms with Crippen LogP contribution >= 0.6 is 0 Å². The van der Waals surface area contributed by atoms with Crippen molar-refractivity contribution in [2.75, 3.05) is 26.4 Å². The molecule has 0 atom stereocenters. The average molecular weight is 973 g/mol. The van der Waals surface area contributed by atoms with E-state index in [-0.39, 0.29) is 0 Å². The van der Waals surface area contributed by atoms with Gasteiger partial charge in [-0.15, -0.1) is 18.7 Å². The first-order valence-electron chi connectivity index (χ1n) is 26.7. The van der Waals surface area contributed by atoms with E-state index in [2.05, 4.69) is 164 Å². The minimum atomic E-state index is 0.624. The SMILES string of the molecule is CCCCOc1c2cc(C[n+]3ccc[nH]3)cc1Cc1cc(C[n+]3ccc[nH]3)cc(c1OCCCC)Cc1cc(C[n+]3ccc[nH]3)cc(c1OCCCC)Cc1cc(C[n+]3ccc[nH]3)cc(c1OCCCC)C2. The molecule has 0 saturated heterocycles. The molecule has 0 radical (unpaired) electrons. The molecular formula is C60H76N8O4+4. The summed E-state index contributed by atoms with van der Waals surface area (Å²) in [7, 11) is 0. The van der Waals surface area contributed by atoms with Gasteiger partial charge >= 0.3 is 0 Å². The van der Waals surface area contributed by atoms with Gasteiger partial charge in [-0.25, -0.2) is 0 Å². The summed E-state index contributed by atoms with van der Waals surface area (Å²) in [6.07, 6.45) is 26.8. The van der Waals surface area contributed by atoms with Crippen LogP contribution in [0.4, 0.5) is 0 Å². The Hall–Kier alpha value is -7.08. The van der Waals surface area contributed by atoms with Crippen molar-refractivity contribution in [2.24, 2.45) is 0 Å². The summed E-state index contributed by atoms with van der Waals surface area (Å²) >= 11 is 0. The number of aromatic nitrogens is 8. The molecule has 4 heterocycles. The Kier molecular flexibility index (Phi) is 17.2. The Bertz CT molecular complexity index is 2430. The molecule has 12 heteroatoms. The fraction of sp³-hybridized carbons (Fsp3) is 0.400. The topological polar surface area (TPSA) is 116 Å². The van der Waals surface area contributed by atoms with E-state index in [4.69, 9.17) is 18.9 Å². The molecule has 376 valence electrons. The highest BCUT2D eigenvalue weighted by molar-refractivity contribution is 5.58. The lowest BCUT2D eigenvalue weighted by Gasteiger charge is -2.24. The first kappa shape index (κ1) is 49.9. The number of nitrogens with zero attached hydrogens (tertiary/aromatic N) is 4. The second kappa shape index (κ2) is 24.8. The van der Waals surface area contributed by atoms with Crippen LogP contribution in [-0.4, -0.2) is 46.8 Å². The fourth-order valence-corrected chi connectivity index (χ4v) is 10.1. The highest BCUT2D eigenvalue weighted by Gasteiger charge is 2.27. The van der Waals surface area contributed by atoms with Gasteiger partial charge in [0, 0.05) is 72.2 Å². The molecule has 0 spiro atoms. The van der Waals surface area contributed by atoms with Crippen LogP contribution in [0.3, 0.4) is 0 Å². The Morgan fingerprint density at radius 2 is 0.542 bits per heavy atom. The molecule has 1 aliphatic rings. The van der Waals surface area contributed by atoms with E-state index in [0.717, 1.165) is 119 Å². The molecule has 0 saturated carbocycles. The summed E-state index contributed by atoms with van der Waals surface area (Å²) in [4.78, 5) is 0. The number of nitrogens with one attached hydrogen (secondary N) is 4. The monoisotopic (exact) mass is 973 g/mol. The molecule has 9 rings (SSSR count). The number of aromatic amines is 4. The summed E-state index contributed by atoms with van der Waals surface area (Å²) in [5, 5.41) is 13.7. The van der Waals surface area contributed by atoms with Crippen molar-refractivity contribution in [3.63, 3.8) is 0 Å². The lowest BCUT2D eigenvalue weighted by molar-refractivity contribution is -0.742. The number of ether oxygens (including phenoxy) is 4. The predicted molar refractivity (Wildman–Crippen MR) is 279 cm³/mol. The van der Waals surface area contributed by atoms with E-state index in [1.807, 2.05) is 24.8 Å². The first-order valence-corrected chi connectivity index (χ1v) is 26.7. The highest BCUT2D eigenvalue weighted by atomic mass is 16.5. The molecule has 8 aromatic rings. The molecular weight excluding hydrogens is 897 g/mol. The number of benzene rings is 4. The van der Waals surface area contributed by atoms with E-state index >= 15 is 0 Å². The second-order valence-corrected chi connectivity index (χ2v) is 19.5. The van der Waals surface area contributed by atoms with Gasteiger partial charge in [0.05, 0.1) is 51.2 Å². The molecule has 4 aromatic carbocycles. The minimum absolute atomic E-state index is 0.624. The van der Waals surface area contributed by atoms with Gasteiger partial charge in [-0.2, -0.15) is 20.4 Å². The zero-order valence-corrected chi connectivity index (χ0v) is 43.1.